The number of nitrogens with zero attached hydrogens (tertiary/aromatic N) is 1. The molecule has 6 heteroatoms. The molecule has 104 valence electrons. The van der Waals surface area contributed by atoms with Crippen molar-refractivity contribution < 1.29 is 8.42 Å². The predicted octanol–water partition coefficient (Wildman–Crippen LogP) is 1.61. The van der Waals surface area contributed by atoms with Crippen LogP contribution >= 0.6 is 0 Å². The first-order valence-electron chi connectivity index (χ1n) is 5.86. The molecule has 0 aliphatic heterocycles. The van der Waals surface area contributed by atoms with Gasteiger partial charge in [0.25, 0.3) is 0 Å². The average Bonchev–Trinajstić information content (AvgIpc) is 2.23. The highest BCUT2D eigenvalue weighted by molar-refractivity contribution is 7.88. The van der Waals surface area contributed by atoms with Crippen molar-refractivity contribution >= 4 is 15.7 Å². The third-order valence-electron chi connectivity index (χ3n) is 2.48. The van der Waals surface area contributed by atoms with E-state index in [1.807, 2.05) is 19.1 Å². The largest absolute Gasteiger partial charge is 0.382 e. The molecule has 0 radical (unpaired) electrons. The smallest absolute Gasteiger partial charge is 0.209 e. The molecule has 0 unspecified atom stereocenters. The van der Waals surface area contributed by atoms with Gasteiger partial charge in [0, 0.05) is 12.1 Å². The SMILES string of the molecule is Cc1ccc(C#N)c(NCC(C)(C)NS(C)(=O)=O)c1. The van der Waals surface area contributed by atoms with E-state index < -0.39 is 15.6 Å². The van der Waals surface area contributed by atoms with Gasteiger partial charge in [-0.3, -0.25) is 0 Å². The standard InChI is InChI=1S/C13H19N3O2S/c1-10-5-6-11(8-14)12(7-10)15-9-13(2,3)16-19(4,17)18/h5-7,15-16H,9H2,1-4H3. The molecule has 1 aromatic carbocycles. The number of rotatable bonds is 5. The molecule has 0 amide bonds. The minimum Gasteiger partial charge on any atom is -0.382 e. The van der Waals surface area contributed by atoms with Gasteiger partial charge in [0.05, 0.1) is 17.5 Å². The Balaban J connectivity index is 2.82. The topological polar surface area (TPSA) is 82.0 Å². The van der Waals surface area contributed by atoms with Crippen molar-refractivity contribution in [1.29, 1.82) is 5.26 Å². The summed E-state index contributed by atoms with van der Waals surface area (Å²) >= 11 is 0. The van der Waals surface area contributed by atoms with E-state index in [-0.39, 0.29) is 0 Å². The Bertz CT molecular complexity index is 601. The molecule has 19 heavy (non-hydrogen) atoms. The molecule has 1 aromatic rings. The first kappa shape index (κ1) is 15.5. The lowest BCUT2D eigenvalue weighted by Crippen LogP contribution is -2.47. The molecule has 0 aliphatic carbocycles. The molecule has 0 heterocycles. The van der Waals surface area contributed by atoms with Gasteiger partial charge in [-0.05, 0) is 38.5 Å². The van der Waals surface area contributed by atoms with E-state index >= 15 is 0 Å². The second kappa shape index (κ2) is 5.59. The molecule has 0 spiro atoms. The summed E-state index contributed by atoms with van der Waals surface area (Å²) in [6.07, 6.45) is 1.13. The van der Waals surface area contributed by atoms with E-state index in [4.69, 9.17) is 5.26 Å². The molecule has 0 aromatic heterocycles. The molecule has 0 saturated heterocycles. The fourth-order valence-corrected chi connectivity index (χ4v) is 2.83. The van der Waals surface area contributed by atoms with Crippen molar-refractivity contribution in [2.75, 3.05) is 18.1 Å². The highest BCUT2D eigenvalue weighted by Gasteiger charge is 2.22. The van der Waals surface area contributed by atoms with Crippen LogP contribution in [0.3, 0.4) is 0 Å². The molecule has 0 fully saturated rings. The normalized spacial score (nSPS) is 11.9. The van der Waals surface area contributed by atoms with Crippen LogP contribution in [0.4, 0.5) is 5.69 Å². The fraction of sp³-hybridized carbons (Fsp3) is 0.462. The zero-order valence-corrected chi connectivity index (χ0v) is 12.4. The molecule has 5 nitrogen and oxygen atoms in total. The predicted molar refractivity (Wildman–Crippen MR) is 76.4 cm³/mol. The number of anilines is 1. The van der Waals surface area contributed by atoms with E-state index in [1.54, 1.807) is 19.9 Å². The lowest BCUT2D eigenvalue weighted by Gasteiger charge is -2.26. The molecular formula is C13H19N3O2S. The monoisotopic (exact) mass is 281 g/mol. The summed E-state index contributed by atoms with van der Waals surface area (Å²) in [5.41, 5.74) is 1.66. The van der Waals surface area contributed by atoms with Gasteiger partial charge in [0.15, 0.2) is 0 Å². The van der Waals surface area contributed by atoms with Crippen molar-refractivity contribution in [2.45, 2.75) is 26.3 Å². The Morgan fingerprint density at radius 2 is 2.00 bits per heavy atom. The summed E-state index contributed by atoms with van der Waals surface area (Å²) in [7, 11) is -3.27. The first-order chi connectivity index (χ1) is 8.63. The Morgan fingerprint density at radius 1 is 1.37 bits per heavy atom. The number of sulfonamides is 1. The minimum absolute atomic E-state index is 0.387. The quantitative estimate of drug-likeness (QED) is 0.859. The molecule has 0 atom stereocenters. The molecule has 0 saturated carbocycles. The van der Waals surface area contributed by atoms with E-state index in [1.165, 1.54) is 0 Å². The lowest BCUT2D eigenvalue weighted by molar-refractivity contribution is 0.476. The second-order valence-electron chi connectivity index (χ2n) is 5.27. The summed E-state index contributed by atoms with van der Waals surface area (Å²) in [4.78, 5) is 0. The number of nitriles is 1. The summed E-state index contributed by atoms with van der Waals surface area (Å²) < 4.78 is 25.0. The molecular weight excluding hydrogens is 262 g/mol. The van der Waals surface area contributed by atoms with Gasteiger partial charge in [0.1, 0.15) is 6.07 Å². The van der Waals surface area contributed by atoms with E-state index in [2.05, 4.69) is 16.1 Å². The molecule has 1 rings (SSSR count). The summed E-state index contributed by atoms with van der Waals surface area (Å²) in [6.45, 7) is 5.89. The van der Waals surface area contributed by atoms with Gasteiger partial charge in [-0.15, -0.1) is 0 Å². The summed E-state index contributed by atoms with van der Waals surface area (Å²) in [5, 5.41) is 12.1. The number of benzene rings is 1. The Labute approximate surface area is 114 Å². The van der Waals surface area contributed by atoms with Gasteiger partial charge in [-0.25, -0.2) is 13.1 Å². The van der Waals surface area contributed by atoms with Crippen molar-refractivity contribution in [2.24, 2.45) is 0 Å². The molecule has 0 aliphatic rings. The van der Waals surface area contributed by atoms with E-state index in [9.17, 15) is 8.42 Å². The second-order valence-corrected chi connectivity index (χ2v) is 7.02. The van der Waals surface area contributed by atoms with E-state index in [0.29, 0.717) is 17.8 Å². The van der Waals surface area contributed by atoms with Crippen LogP contribution in [0.1, 0.15) is 25.0 Å². The lowest BCUT2D eigenvalue weighted by atomic mass is 10.1. The maximum Gasteiger partial charge on any atom is 0.209 e. The van der Waals surface area contributed by atoms with Crippen LogP contribution < -0.4 is 10.0 Å². The Morgan fingerprint density at radius 3 is 2.53 bits per heavy atom. The highest BCUT2D eigenvalue weighted by Crippen LogP contribution is 2.17. The molecule has 2 N–H and O–H groups in total. The number of hydrogen-bond acceptors (Lipinski definition) is 4. The van der Waals surface area contributed by atoms with Crippen LogP contribution in [-0.2, 0) is 10.0 Å². The van der Waals surface area contributed by atoms with Gasteiger partial charge in [0.2, 0.25) is 10.0 Å². The van der Waals surface area contributed by atoms with Crippen molar-refractivity contribution in [3.05, 3.63) is 29.3 Å². The third-order valence-corrected chi connectivity index (χ3v) is 3.40. The van der Waals surface area contributed by atoms with E-state index in [0.717, 1.165) is 11.8 Å². The van der Waals surface area contributed by atoms with Crippen LogP contribution in [0.5, 0.6) is 0 Å². The zero-order chi connectivity index (χ0) is 14.7. The van der Waals surface area contributed by atoms with Crippen molar-refractivity contribution in [1.82, 2.24) is 4.72 Å². The number of hydrogen-bond donors (Lipinski definition) is 2. The first-order valence-corrected chi connectivity index (χ1v) is 7.76. The number of nitrogens with one attached hydrogen (secondary N) is 2. The minimum atomic E-state index is -3.27. The fourth-order valence-electron chi connectivity index (χ4n) is 1.76. The summed E-state index contributed by atoms with van der Waals surface area (Å²) in [5.74, 6) is 0. The van der Waals surface area contributed by atoms with Gasteiger partial charge in [-0.1, -0.05) is 6.07 Å². The average molecular weight is 281 g/mol. The Hall–Kier alpha value is -1.58. The highest BCUT2D eigenvalue weighted by atomic mass is 32.2. The van der Waals surface area contributed by atoms with Crippen molar-refractivity contribution in [3.8, 4) is 6.07 Å². The Kier molecular flexibility index (Phi) is 4.56. The van der Waals surface area contributed by atoms with Gasteiger partial charge in [-0.2, -0.15) is 5.26 Å². The number of aryl methyl sites for hydroxylation is 1. The molecule has 0 bridgehead atoms. The van der Waals surface area contributed by atoms with Crippen molar-refractivity contribution in [3.63, 3.8) is 0 Å². The zero-order valence-electron chi connectivity index (χ0n) is 11.6. The van der Waals surface area contributed by atoms with Crippen LogP contribution in [0, 0.1) is 18.3 Å². The third kappa shape index (κ3) is 5.28. The maximum absolute atomic E-state index is 11.2. The van der Waals surface area contributed by atoms with Gasteiger partial charge < -0.3 is 5.32 Å². The van der Waals surface area contributed by atoms with Gasteiger partial charge >= 0.3 is 0 Å². The van der Waals surface area contributed by atoms with Crippen LogP contribution in [0.25, 0.3) is 0 Å². The van der Waals surface area contributed by atoms with Crippen LogP contribution in [0.15, 0.2) is 18.2 Å². The summed E-state index contributed by atoms with van der Waals surface area (Å²) in [6, 6.07) is 7.59. The van der Waals surface area contributed by atoms with Crippen LogP contribution in [-0.4, -0.2) is 26.8 Å². The van der Waals surface area contributed by atoms with Crippen LogP contribution in [0.2, 0.25) is 0 Å². The maximum atomic E-state index is 11.2.